The number of aromatic nitrogens is 2. The minimum atomic E-state index is -0.0477. The van der Waals surface area contributed by atoms with Crippen LogP contribution in [0.25, 0.3) is 11.4 Å². The highest BCUT2D eigenvalue weighted by Crippen LogP contribution is 2.31. The zero-order valence-electron chi connectivity index (χ0n) is 18.0. The summed E-state index contributed by atoms with van der Waals surface area (Å²) in [4.78, 5) is 19.3. The molecule has 170 valence electrons. The van der Waals surface area contributed by atoms with Gasteiger partial charge in [-0.2, -0.15) is 4.98 Å². The fraction of sp³-hybridized carbons (Fsp3) is 0.333. The van der Waals surface area contributed by atoms with E-state index < -0.39 is 0 Å². The highest BCUT2D eigenvalue weighted by Gasteiger charge is 2.29. The summed E-state index contributed by atoms with van der Waals surface area (Å²) < 4.78 is 10.8. The van der Waals surface area contributed by atoms with E-state index in [0.717, 1.165) is 29.7 Å². The van der Waals surface area contributed by atoms with Gasteiger partial charge < -0.3 is 24.9 Å². The average molecular weight is 466 g/mol. The third-order valence-corrected chi connectivity index (χ3v) is 6.47. The van der Waals surface area contributed by atoms with Gasteiger partial charge in [0.25, 0.3) is 5.91 Å². The van der Waals surface area contributed by atoms with E-state index in [4.69, 9.17) is 26.3 Å². The summed E-state index contributed by atoms with van der Waals surface area (Å²) in [5, 5.41) is 15.7. The number of hydrogen-bond donors (Lipinski definition) is 2. The Bertz CT molecular complexity index is 1170. The van der Waals surface area contributed by atoms with Crippen LogP contribution < -0.4 is 5.32 Å². The molecule has 1 aromatic heterocycles. The van der Waals surface area contributed by atoms with Gasteiger partial charge in [0.05, 0.1) is 29.8 Å². The molecule has 9 heteroatoms. The number of likely N-dealkylation sites (tertiary alicyclic amines) is 1. The van der Waals surface area contributed by atoms with E-state index in [1.807, 2.05) is 35.2 Å². The zero-order valence-corrected chi connectivity index (χ0v) is 18.7. The second kappa shape index (κ2) is 9.33. The number of nitrogens with one attached hydrogen (secondary N) is 2. The van der Waals surface area contributed by atoms with Gasteiger partial charge in [-0.1, -0.05) is 41.0 Å². The summed E-state index contributed by atoms with van der Waals surface area (Å²) in [7, 11) is 0. The van der Waals surface area contributed by atoms with Crippen LogP contribution in [-0.2, 0) is 4.74 Å². The van der Waals surface area contributed by atoms with Gasteiger partial charge in [-0.25, -0.2) is 0 Å². The first kappa shape index (κ1) is 21.6. The monoisotopic (exact) mass is 465 g/mol. The maximum absolute atomic E-state index is 12.8. The highest BCUT2D eigenvalue weighted by molar-refractivity contribution is 6.33. The topological polar surface area (TPSA) is 104 Å². The number of ether oxygens (including phenoxy) is 1. The standard InChI is InChI=1S/C24H24ClN5O3/c25-20-4-2-1-3-19(20)24(31)30-9-7-15(8-10-30)23-28-22(29-33-23)16-5-6-17(12-26)21(11-16)27-18-13-32-14-18/h1-6,11-12,15,18,26-27H,7-10,13-14H2. The summed E-state index contributed by atoms with van der Waals surface area (Å²) in [5.41, 5.74) is 3.01. The molecule has 3 aromatic rings. The number of benzene rings is 2. The number of hydrogen-bond acceptors (Lipinski definition) is 7. The van der Waals surface area contributed by atoms with Crippen molar-refractivity contribution in [1.29, 1.82) is 5.41 Å². The summed E-state index contributed by atoms with van der Waals surface area (Å²) >= 11 is 6.19. The van der Waals surface area contributed by atoms with Crippen LogP contribution in [-0.4, -0.2) is 59.5 Å². The van der Waals surface area contributed by atoms with Crippen molar-refractivity contribution < 1.29 is 14.1 Å². The van der Waals surface area contributed by atoms with Crippen molar-refractivity contribution in [2.45, 2.75) is 24.8 Å². The first-order chi connectivity index (χ1) is 16.1. The molecule has 0 saturated carbocycles. The third kappa shape index (κ3) is 4.49. The fourth-order valence-corrected chi connectivity index (χ4v) is 4.35. The predicted octanol–water partition coefficient (Wildman–Crippen LogP) is 4.22. The summed E-state index contributed by atoms with van der Waals surface area (Å²) in [6.45, 7) is 2.54. The van der Waals surface area contributed by atoms with Gasteiger partial charge in [-0.05, 0) is 31.0 Å². The lowest BCUT2D eigenvalue weighted by atomic mass is 9.96. The molecule has 0 spiro atoms. The van der Waals surface area contributed by atoms with Crippen LogP contribution in [0.15, 0.2) is 47.0 Å². The molecular weight excluding hydrogens is 442 g/mol. The van der Waals surface area contributed by atoms with Crippen molar-refractivity contribution in [3.05, 3.63) is 64.5 Å². The molecule has 8 nitrogen and oxygen atoms in total. The first-order valence-electron chi connectivity index (χ1n) is 11.0. The number of amides is 1. The Kier molecular flexibility index (Phi) is 6.11. The number of carbonyl (C=O) groups is 1. The molecule has 3 heterocycles. The Hall–Kier alpha value is -3.23. The van der Waals surface area contributed by atoms with Crippen molar-refractivity contribution >= 4 is 29.4 Å². The minimum absolute atomic E-state index is 0.0477. The Morgan fingerprint density at radius 2 is 1.97 bits per heavy atom. The van der Waals surface area contributed by atoms with Gasteiger partial charge >= 0.3 is 0 Å². The molecule has 33 heavy (non-hydrogen) atoms. The van der Waals surface area contributed by atoms with E-state index >= 15 is 0 Å². The first-order valence-corrected chi connectivity index (χ1v) is 11.4. The molecule has 0 bridgehead atoms. The second-order valence-corrected chi connectivity index (χ2v) is 8.73. The fourth-order valence-electron chi connectivity index (χ4n) is 4.14. The maximum Gasteiger partial charge on any atom is 0.255 e. The van der Waals surface area contributed by atoms with Crippen molar-refractivity contribution in [1.82, 2.24) is 15.0 Å². The number of carbonyl (C=O) groups excluding carboxylic acids is 1. The molecule has 2 aliphatic rings. The van der Waals surface area contributed by atoms with Crippen LogP contribution in [0.5, 0.6) is 0 Å². The molecule has 1 amide bonds. The Balaban J connectivity index is 1.26. The average Bonchev–Trinajstić information content (AvgIpc) is 3.32. The molecule has 0 aliphatic carbocycles. The van der Waals surface area contributed by atoms with E-state index in [9.17, 15) is 4.79 Å². The van der Waals surface area contributed by atoms with Gasteiger partial charge in [-0.3, -0.25) is 4.79 Å². The lowest BCUT2D eigenvalue weighted by molar-refractivity contribution is 0.0211. The van der Waals surface area contributed by atoms with Crippen LogP contribution >= 0.6 is 11.6 Å². The molecule has 5 rings (SSSR count). The summed E-state index contributed by atoms with van der Waals surface area (Å²) in [6.07, 6.45) is 2.82. The van der Waals surface area contributed by atoms with Gasteiger partial charge in [-0.15, -0.1) is 0 Å². The summed E-state index contributed by atoms with van der Waals surface area (Å²) in [6, 6.07) is 13.1. The third-order valence-electron chi connectivity index (χ3n) is 6.14. The van der Waals surface area contributed by atoms with Crippen molar-refractivity contribution in [3.63, 3.8) is 0 Å². The molecule has 2 saturated heterocycles. The van der Waals surface area contributed by atoms with Gasteiger partial charge in [0.1, 0.15) is 0 Å². The van der Waals surface area contributed by atoms with Crippen molar-refractivity contribution in [2.24, 2.45) is 0 Å². The number of halogens is 1. The van der Waals surface area contributed by atoms with Crippen LogP contribution in [0.2, 0.25) is 5.02 Å². The van der Waals surface area contributed by atoms with Crippen molar-refractivity contribution in [3.8, 4) is 11.4 Å². The Labute approximate surface area is 196 Å². The lowest BCUT2D eigenvalue weighted by Gasteiger charge is -2.30. The second-order valence-electron chi connectivity index (χ2n) is 8.33. The molecule has 2 aliphatic heterocycles. The molecule has 0 atom stereocenters. The van der Waals surface area contributed by atoms with E-state index in [-0.39, 0.29) is 17.9 Å². The zero-order chi connectivity index (χ0) is 22.8. The number of piperidine rings is 1. The van der Waals surface area contributed by atoms with Gasteiger partial charge in [0, 0.05) is 42.0 Å². The van der Waals surface area contributed by atoms with Gasteiger partial charge in [0.15, 0.2) is 0 Å². The smallest absolute Gasteiger partial charge is 0.255 e. The highest BCUT2D eigenvalue weighted by atomic mass is 35.5. The number of rotatable bonds is 6. The SMILES string of the molecule is N=Cc1ccc(-c2noc(C3CCN(C(=O)c4ccccc4Cl)CC3)n2)cc1NC1COC1. The minimum Gasteiger partial charge on any atom is -0.377 e. The molecular formula is C24H24ClN5O3. The van der Waals surface area contributed by atoms with E-state index in [0.29, 0.717) is 48.6 Å². The lowest BCUT2D eigenvalue weighted by Crippen LogP contribution is -2.40. The van der Waals surface area contributed by atoms with Gasteiger partial charge in [0.2, 0.25) is 11.7 Å². The van der Waals surface area contributed by atoms with Crippen molar-refractivity contribution in [2.75, 3.05) is 31.6 Å². The molecule has 0 unspecified atom stereocenters. The quantitative estimate of drug-likeness (QED) is 0.528. The normalized spacial score (nSPS) is 16.9. The Morgan fingerprint density at radius 1 is 1.18 bits per heavy atom. The van der Waals surface area contributed by atoms with Crippen LogP contribution in [0.1, 0.15) is 40.6 Å². The van der Waals surface area contributed by atoms with E-state index in [2.05, 4.69) is 15.5 Å². The molecule has 0 radical (unpaired) electrons. The van der Waals surface area contributed by atoms with E-state index in [1.54, 1.807) is 12.1 Å². The molecule has 2 aromatic carbocycles. The number of anilines is 1. The maximum atomic E-state index is 12.8. The van der Waals surface area contributed by atoms with Crippen LogP contribution in [0, 0.1) is 5.41 Å². The summed E-state index contributed by atoms with van der Waals surface area (Å²) in [5.74, 6) is 1.16. The largest absolute Gasteiger partial charge is 0.377 e. The molecule has 2 N–H and O–H groups in total. The Morgan fingerprint density at radius 3 is 2.67 bits per heavy atom. The predicted molar refractivity (Wildman–Crippen MR) is 125 cm³/mol. The molecule has 2 fully saturated rings. The van der Waals surface area contributed by atoms with Crippen LogP contribution in [0.4, 0.5) is 5.69 Å². The van der Waals surface area contributed by atoms with Crippen LogP contribution in [0.3, 0.4) is 0 Å². The van der Waals surface area contributed by atoms with E-state index in [1.165, 1.54) is 6.21 Å². The number of nitrogens with zero attached hydrogens (tertiary/aromatic N) is 3.